The van der Waals surface area contributed by atoms with Crippen molar-refractivity contribution in [1.82, 2.24) is 15.5 Å². The topological polar surface area (TPSA) is 70.7 Å². The van der Waals surface area contributed by atoms with Crippen LogP contribution >= 0.6 is 0 Å². The average Bonchev–Trinajstić information content (AvgIpc) is 2.66. The highest BCUT2D eigenvalue weighted by atomic mass is 16.5. The van der Waals surface area contributed by atoms with Gasteiger partial charge in [0.2, 0.25) is 5.91 Å². The van der Waals surface area contributed by atoms with Crippen molar-refractivity contribution in [1.29, 1.82) is 0 Å². The number of nitrogens with zero attached hydrogens (tertiary/aromatic N) is 1. The number of benzene rings is 1. The summed E-state index contributed by atoms with van der Waals surface area (Å²) in [5, 5.41) is 5.92. The van der Waals surface area contributed by atoms with Crippen LogP contribution in [0.2, 0.25) is 0 Å². The second kappa shape index (κ2) is 10.8. The smallest absolute Gasteiger partial charge is 0.317 e. The number of carbonyl (C=O) groups is 2. The van der Waals surface area contributed by atoms with Gasteiger partial charge in [0.25, 0.3) is 0 Å². The molecular formula is C20H31N3O3. The van der Waals surface area contributed by atoms with Gasteiger partial charge < -0.3 is 20.3 Å². The quantitative estimate of drug-likeness (QED) is 0.699. The summed E-state index contributed by atoms with van der Waals surface area (Å²) in [5.41, 5.74) is 1.10. The van der Waals surface area contributed by atoms with E-state index >= 15 is 0 Å². The molecule has 0 radical (unpaired) electrons. The second-order valence-electron chi connectivity index (χ2n) is 6.97. The van der Waals surface area contributed by atoms with Crippen molar-refractivity contribution >= 4 is 11.9 Å². The van der Waals surface area contributed by atoms with Gasteiger partial charge in [-0.05, 0) is 38.7 Å². The van der Waals surface area contributed by atoms with Crippen LogP contribution in [0.1, 0.15) is 38.7 Å². The molecule has 1 fully saturated rings. The van der Waals surface area contributed by atoms with Crippen LogP contribution in [-0.4, -0.2) is 49.2 Å². The van der Waals surface area contributed by atoms with Crippen LogP contribution in [-0.2, 0) is 16.1 Å². The summed E-state index contributed by atoms with van der Waals surface area (Å²) in [6, 6.07) is 9.85. The van der Waals surface area contributed by atoms with E-state index in [0.29, 0.717) is 45.6 Å². The van der Waals surface area contributed by atoms with Crippen molar-refractivity contribution < 1.29 is 14.3 Å². The first kappa shape index (κ1) is 20.2. The number of carbonyl (C=O) groups excluding carboxylic acids is 2. The van der Waals surface area contributed by atoms with Crippen LogP contribution in [0, 0.1) is 5.92 Å². The molecule has 0 aliphatic carbocycles. The molecule has 2 N–H and O–H groups in total. The molecule has 26 heavy (non-hydrogen) atoms. The average molecular weight is 361 g/mol. The third-order valence-electron chi connectivity index (χ3n) is 4.51. The maximum absolute atomic E-state index is 12.3. The van der Waals surface area contributed by atoms with Gasteiger partial charge in [-0.15, -0.1) is 0 Å². The molecule has 0 aromatic heterocycles. The van der Waals surface area contributed by atoms with Crippen molar-refractivity contribution in [2.24, 2.45) is 5.92 Å². The van der Waals surface area contributed by atoms with Crippen molar-refractivity contribution in [2.45, 2.75) is 45.8 Å². The monoisotopic (exact) mass is 361 g/mol. The standard InChI is InChI=1S/C20H31N3O3/c1-16(2)26-14-6-11-21-20(25)23-12-9-18(10-13-23)19(24)22-15-17-7-4-3-5-8-17/h3-5,7-8,16,18H,6,9-15H2,1-2H3,(H,21,25)(H,22,24). The number of hydrogen-bond donors (Lipinski definition) is 2. The number of urea groups is 1. The summed E-state index contributed by atoms with van der Waals surface area (Å²) in [4.78, 5) is 26.3. The van der Waals surface area contributed by atoms with Crippen molar-refractivity contribution in [2.75, 3.05) is 26.2 Å². The highest BCUT2D eigenvalue weighted by molar-refractivity contribution is 5.79. The molecule has 0 bridgehead atoms. The van der Waals surface area contributed by atoms with E-state index in [0.717, 1.165) is 12.0 Å². The Morgan fingerprint density at radius 2 is 1.85 bits per heavy atom. The van der Waals surface area contributed by atoms with Crippen molar-refractivity contribution in [3.05, 3.63) is 35.9 Å². The minimum atomic E-state index is -0.0438. The molecule has 6 heteroatoms. The molecule has 0 spiro atoms. The second-order valence-corrected chi connectivity index (χ2v) is 6.97. The fourth-order valence-electron chi connectivity index (χ4n) is 2.97. The number of nitrogens with one attached hydrogen (secondary N) is 2. The van der Waals surface area contributed by atoms with Gasteiger partial charge in [0.05, 0.1) is 6.10 Å². The number of ether oxygens (including phenoxy) is 1. The molecule has 1 aromatic carbocycles. The lowest BCUT2D eigenvalue weighted by Crippen LogP contribution is -2.47. The van der Waals surface area contributed by atoms with Crippen LogP contribution in [0.15, 0.2) is 30.3 Å². The molecule has 1 aliphatic heterocycles. The first-order chi connectivity index (χ1) is 12.6. The Morgan fingerprint density at radius 1 is 1.15 bits per heavy atom. The third-order valence-corrected chi connectivity index (χ3v) is 4.51. The Hall–Kier alpha value is -2.08. The maximum atomic E-state index is 12.3. The summed E-state index contributed by atoms with van der Waals surface area (Å²) >= 11 is 0. The van der Waals surface area contributed by atoms with Crippen molar-refractivity contribution in [3.63, 3.8) is 0 Å². The van der Waals surface area contributed by atoms with Crippen LogP contribution in [0.25, 0.3) is 0 Å². The fraction of sp³-hybridized carbons (Fsp3) is 0.600. The van der Waals surface area contributed by atoms with E-state index in [1.807, 2.05) is 44.2 Å². The lowest BCUT2D eigenvalue weighted by atomic mass is 9.96. The van der Waals surface area contributed by atoms with E-state index < -0.39 is 0 Å². The van der Waals surface area contributed by atoms with Crippen LogP contribution in [0.3, 0.4) is 0 Å². The first-order valence-corrected chi connectivity index (χ1v) is 9.52. The van der Waals surface area contributed by atoms with Gasteiger partial charge in [0.1, 0.15) is 0 Å². The van der Waals surface area contributed by atoms with E-state index in [-0.39, 0.29) is 24.0 Å². The minimum absolute atomic E-state index is 0.0118. The summed E-state index contributed by atoms with van der Waals surface area (Å²) in [5.74, 6) is 0.0712. The Labute approximate surface area is 156 Å². The number of amides is 3. The summed E-state index contributed by atoms with van der Waals surface area (Å²) in [6.45, 7) is 7.07. The van der Waals surface area contributed by atoms with E-state index in [9.17, 15) is 9.59 Å². The molecule has 0 unspecified atom stereocenters. The lowest BCUT2D eigenvalue weighted by Gasteiger charge is -2.31. The van der Waals surface area contributed by atoms with Gasteiger partial charge in [0, 0.05) is 38.7 Å². The fourth-order valence-corrected chi connectivity index (χ4v) is 2.97. The molecule has 1 heterocycles. The predicted molar refractivity (Wildman–Crippen MR) is 102 cm³/mol. The number of piperidine rings is 1. The van der Waals surface area contributed by atoms with Crippen LogP contribution in [0.4, 0.5) is 4.79 Å². The molecule has 1 saturated heterocycles. The molecule has 3 amide bonds. The largest absolute Gasteiger partial charge is 0.379 e. The summed E-state index contributed by atoms with van der Waals surface area (Å²) < 4.78 is 5.46. The number of likely N-dealkylation sites (tertiary alicyclic amines) is 1. The third kappa shape index (κ3) is 7.04. The van der Waals surface area contributed by atoms with Gasteiger partial charge in [-0.25, -0.2) is 4.79 Å². The van der Waals surface area contributed by atoms with Gasteiger partial charge in [-0.2, -0.15) is 0 Å². The Balaban J connectivity index is 1.61. The summed E-state index contributed by atoms with van der Waals surface area (Å²) in [6.07, 6.45) is 2.45. The highest BCUT2D eigenvalue weighted by Gasteiger charge is 2.26. The molecule has 2 rings (SSSR count). The molecule has 0 saturated carbocycles. The van der Waals surface area contributed by atoms with Gasteiger partial charge in [0.15, 0.2) is 0 Å². The normalized spacial score (nSPS) is 15.1. The van der Waals surface area contributed by atoms with E-state index in [1.165, 1.54) is 0 Å². The molecule has 1 aliphatic rings. The Morgan fingerprint density at radius 3 is 2.50 bits per heavy atom. The minimum Gasteiger partial charge on any atom is -0.379 e. The number of hydrogen-bond acceptors (Lipinski definition) is 3. The zero-order valence-electron chi connectivity index (χ0n) is 15.9. The van der Waals surface area contributed by atoms with Gasteiger partial charge in [-0.1, -0.05) is 30.3 Å². The SMILES string of the molecule is CC(C)OCCCNC(=O)N1CCC(C(=O)NCc2ccccc2)CC1. The zero-order chi connectivity index (χ0) is 18.8. The Kier molecular flexibility index (Phi) is 8.41. The molecule has 0 atom stereocenters. The van der Waals surface area contributed by atoms with E-state index in [1.54, 1.807) is 4.90 Å². The lowest BCUT2D eigenvalue weighted by molar-refractivity contribution is -0.126. The zero-order valence-corrected chi connectivity index (χ0v) is 15.9. The molecule has 6 nitrogen and oxygen atoms in total. The predicted octanol–water partition coefficient (Wildman–Crippen LogP) is 2.54. The van der Waals surface area contributed by atoms with E-state index in [4.69, 9.17) is 4.74 Å². The van der Waals surface area contributed by atoms with Gasteiger partial charge in [-0.3, -0.25) is 4.79 Å². The number of rotatable bonds is 8. The van der Waals surface area contributed by atoms with E-state index in [2.05, 4.69) is 10.6 Å². The molecule has 144 valence electrons. The maximum Gasteiger partial charge on any atom is 0.317 e. The summed E-state index contributed by atoms with van der Waals surface area (Å²) in [7, 11) is 0. The van der Waals surface area contributed by atoms with Crippen molar-refractivity contribution in [3.8, 4) is 0 Å². The Bertz CT molecular complexity index is 555. The van der Waals surface area contributed by atoms with Crippen LogP contribution < -0.4 is 10.6 Å². The molecular weight excluding hydrogens is 330 g/mol. The first-order valence-electron chi connectivity index (χ1n) is 9.52. The highest BCUT2D eigenvalue weighted by Crippen LogP contribution is 2.17. The van der Waals surface area contributed by atoms with Crippen LogP contribution in [0.5, 0.6) is 0 Å². The van der Waals surface area contributed by atoms with Gasteiger partial charge >= 0.3 is 6.03 Å². The molecule has 1 aromatic rings.